The largest absolute Gasteiger partial charge is 0.462 e. The van der Waals surface area contributed by atoms with Crippen LogP contribution in [0.1, 0.15) is 106 Å². The van der Waals surface area contributed by atoms with E-state index in [9.17, 15) is 20.1 Å². The molecule has 2 bridgehead atoms. The molecule has 6 heterocycles. The first-order valence-electron chi connectivity index (χ1n) is 24.0. The highest BCUT2D eigenvalue weighted by Gasteiger charge is 2.60. The quantitative estimate of drug-likeness (QED) is 0.204. The Morgan fingerprint density at radius 3 is 2.28 bits per heavy atom. The molecule has 358 valence electrons. The Morgan fingerprint density at radius 1 is 0.812 bits per heavy atom. The average molecular weight is 899 g/mol. The third kappa shape index (κ3) is 9.82. The lowest BCUT2D eigenvalue weighted by Crippen LogP contribution is -2.58. The summed E-state index contributed by atoms with van der Waals surface area (Å²) in [5.74, 6) is -2.32. The molecule has 0 aromatic heterocycles. The van der Waals surface area contributed by atoms with Gasteiger partial charge in [0, 0.05) is 51.7 Å². The van der Waals surface area contributed by atoms with Gasteiger partial charge in [-0.15, -0.1) is 0 Å². The van der Waals surface area contributed by atoms with E-state index in [1.807, 2.05) is 25.2 Å². The minimum Gasteiger partial charge on any atom is -0.462 e. The molecule has 1 saturated carbocycles. The molecule has 2 aliphatic carbocycles. The van der Waals surface area contributed by atoms with Crippen molar-refractivity contribution in [2.45, 2.75) is 203 Å². The van der Waals surface area contributed by atoms with E-state index >= 15 is 0 Å². The first kappa shape index (κ1) is 48.2. The summed E-state index contributed by atoms with van der Waals surface area (Å²) < 4.78 is 64.1. The van der Waals surface area contributed by atoms with Crippen molar-refractivity contribution >= 4 is 5.97 Å². The molecule has 19 atom stereocenters. The molecule has 4 saturated heterocycles. The predicted octanol–water partition coefficient (Wildman–Crippen LogP) is 5.91. The first-order valence-corrected chi connectivity index (χ1v) is 24.0. The van der Waals surface area contributed by atoms with Crippen LogP contribution in [-0.2, 0) is 52.2 Å². The number of allylic oxidation sites excluding steroid dienone is 2. The van der Waals surface area contributed by atoms with Gasteiger partial charge in [0.05, 0.1) is 49.3 Å². The number of carbonyl (C=O) groups excluding carboxylic acids is 1. The molecule has 14 nitrogen and oxygen atoms in total. The fourth-order valence-electron chi connectivity index (χ4n) is 11.7. The minimum absolute atomic E-state index is 0.0242. The highest BCUT2D eigenvalue weighted by atomic mass is 16.7. The monoisotopic (exact) mass is 899 g/mol. The molecule has 5 fully saturated rings. The van der Waals surface area contributed by atoms with Crippen molar-refractivity contribution in [3.05, 3.63) is 59.3 Å². The van der Waals surface area contributed by atoms with Gasteiger partial charge in [0.1, 0.15) is 42.0 Å². The van der Waals surface area contributed by atoms with Crippen LogP contribution < -0.4 is 0 Å². The zero-order valence-corrected chi connectivity index (χ0v) is 39.0. The lowest BCUT2D eigenvalue weighted by Gasteiger charge is -2.49. The number of methoxy groups -OCH3 is 2. The van der Waals surface area contributed by atoms with Crippen molar-refractivity contribution in [1.82, 2.24) is 0 Å². The second-order valence-corrected chi connectivity index (χ2v) is 20.0. The van der Waals surface area contributed by atoms with Crippen LogP contribution in [0, 0.1) is 23.7 Å². The van der Waals surface area contributed by atoms with Crippen LogP contribution in [0.4, 0.5) is 0 Å². The highest BCUT2D eigenvalue weighted by Crippen LogP contribution is 2.48. The molecule has 0 amide bonds. The molecule has 64 heavy (non-hydrogen) atoms. The first-order chi connectivity index (χ1) is 30.6. The van der Waals surface area contributed by atoms with Gasteiger partial charge in [0.25, 0.3) is 0 Å². The minimum atomic E-state index is -1.83. The van der Waals surface area contributed by atoms with E-state index in [0.717, 1.165) is 18.4 Å². The van der Waals surface area contributed by atoms with Crippen LogP contribution in [0.2, 0.25) is 0 Å². The van der Waals surface area contributed by atoms with Crippen molar-refractivity contribution in [3.8, 4) is 0 Å². The lowest BCUT2D eigenvalue weighted by atomic mass is 9.71. The van der Waals surface area contributed by atoms with E-state index in [-0.39, 0.29) is 36.8 Å². The summed E-state index contributed by atoms with van der Waals surface area (Å²) in [6.07, 6.45) is 13.8. The molecule has 0 radical (unpaired) electrons. The normalized spacial score (nSPS) is 47.1. The number of hydrogen-bond donors (Lipinski definition) is 3. The topological polar surface area (TPSA) is 170 Å². The molecular weight excluding hydrogens is 825 g/mol. The summed E-state index contributed by atoms with van der Waals surface area (Å²) in [5, 5.41) is 34.3. The van der Waals surface area contributed by atoms with E-state index in [2.05, 4.69) is 32.9 Å². The SMILES string of the molecule is CO[C@H]1CC(O[C@@H]2C(C)=CC[C@@H]3C[C@@H](C[C@]4(C=C[C@H](C)[C@@H](C5CCCCC5)O4)O3)OC(=O)[C@@H]3C=C(C)[C@@H](O)[C@H]4OCC(=CC=C[C@@H]2C)[C@]43O)O[C@@H](C)C1O[C@H]1C[C@H](OC)[C@@H](O)[C@H](C)O1. The standard InChI is InChI=1S/C50H74O14/c1-27-13-12-16-34-26-57-47-42(51)30(4)21-37(50(34,47)54)48(53)60-36-22-35(63-49(25-36)20-19-29(3)45(64-49)33-14-10-9-11-15-33)18-17-28(2)44(27)61-41-24-39(56-8)46(32(6)59-41)62-40-23-38(55-7)43(52)31(5)58-40/h12-13,16-17,19-21,27,29,31-33,35-47,51-52,54H,9-11,14-15,18,22-26H2,1-8H3/t27-,29-,31-,32-,35+,36-,37-,38-,39-,40-,41?,42+,43-,44-,45-,46?,47+,49+,50+/m0/s1. The maximum atomic E-state index is 14.4. The second-order valence-electron chi connectivity index (χ2n) is 20.0. The molecular formula is C50H74O14. The lowest BCUT2D eigenvalue weighted by molar-refractivity contribution is -0.318. The van der Waals surface area contributed by atoms with E-state index in [1.165, 1.54) is 19.3 Å². The van der Waals surface area contributed by atoms with Gasteiger partial charge < -0.3 is 62.7 Å². The van der Waals surface area contributed by atoms with Crippen LogP contribution in [0.15, 0.2) is 59.3 Å². The van der Waals surface area contributed by atoms with E-state index in [0.29, 0.717) is 49.2 Å². The van der Waals surface area contributed by atoms with Crippen molar-refractivity contribution in [3.63, 3.8) is 0 Å². The van der Waals surface area contributed by atoms with E-state index in [1.54, 1.807) is 40.2 Å². The fourth-order valence-corrected chi connectivity index (χ4v) is 11.7. The van der Waals surface area contributed by atoms with Gasteiger partial charge in [-0.05, 0) is 75.7 Å². The smallest absolute Gasteiger partial charge is 0.316 e. The highest BCUT2D eigenvalue weighted by molar-refractivity contribution is 5.78. The molecule has 3 N–H and O–H groups in total. The third-order valence-electron chi connectivity index (χ3n) is 15.4. The van der Waals surface area contributed by atoms with Crippen molar-refractivity contribution in [2.75, 3.05) is 20.8 Å². The van der Waals surface area contributed by atoms with Crippen LogP contribution in [0.3, 0.4) is 0 Å². The zero-order chi connectivity index (χ0) is 45.5. The maximum absolute atomic E-state index is 14.4. The number of carbonyl (C=O) groups is 1. The number of rotatable bonds is 7. The van der Waals surface area contributed by atoms with Gasteiger partial charge in [0.15, 0.2) is 18.4 Å². The number of aliphatic hydroxyl groups is 3. The molecule has 8 rings (SSSR count). The third-order valence-corrected chi connectivity index (χ3v) is 15.4. The average Bonchev–Trinajstić information content (AvgIpc) is 3.62. The molecule has 1 spiro atoms. The number of ether oxygens (including phenoxy) is 10. The maximum Gasteiger partial charge on any atom is 0.316 e. The van der Waals surface area contributed by atoms with Gasteiger partial charge in [-0.2, -0.15) is 0 Å². The number of aliphatic hydroxyl groups excluding tert-OH is 2. The van der Waals surface area contributed by atoms with Crippen LogP contribution in [0.25, 0.3) is 0 Å². The molecule has 2 unspecified atom stereocenters. The summed E-state index contributed by atoms with van der Waals surface area (Å²) in [5.41, 5.74) is 0.166. The number of fused-ring (bicyclic) bond motifs is 2. The Labute approximate surface area is 379 Å². The molecule has 0 aromatic carbocycles. The van der Waals surface area contributed by atoms with Crippen LogP contribution in [0.5, 0.6) is 0 Å². The Hall–Kier alpha value is -2.31. The van der Waals surface area contributed by atoms with Gasteiger partial charge in [-0.25, -0.2) is 0 Å². The predicted molar refractivity (Wildman–Crippen MR) is 234 cm³/mol. The summed E-state index contributed by atoms with van der Waals surface area (Å²) in [7, 11) is 3.23. The summed E-state index contributed by atoms with van der Waals surface area (Å²) in [6, 6.07) is 0. The molecule has 14 heteroatoms. The summed E-state index contributed by atoms with van der Waals surface area (Å²) in [6.45, 7) is 11.9. The van der Waals surface area contributed by atoms with Crippen LogP contribution in [-0.4, -0.2) is 139 Å². The number of hydrogen-bond acceptors (Lipinski definition) is 14. The Balaban J connectivity index is 1.08. The summed E-state index contributed by atoms with van der Waals surface area (Å²) >= 11 is 0. The summed E-state index contributed by atoms with van der Waals surface area (Å²) in [4.78, 5) is 14.4. The molecule has 0 aromatic rings. The Bertz CT molecular complexity index is 1790. The van der Waals surface area contributed by atoms with Gasteiger partial charge in [-0.3, -0.25) is 4.79 Å². The van der Waals surface area contributed by atoms with Gasteiger partial charge in [0.2, 0.25) is 0 Å². The van der Waals surface area contributed by atoms with Crippen molar-refractivity contribution < 1.29 is 67.5 Å². The Kier molecular flexibility index (Phi) is 15.1. The van der Waals surface area contributed by atoms with Crippen LogP contribution >= 0.6 is 0 Å². The van der Waals surface area contributed by atoms with E-state index in [4.69, 9.17) is 47.4 Å². The van der Waals surface area contributed by atoms with Crippen molar-refractivity contribution in [2.24, 2.45) is 23.7 Å². The molecule has 6 aliphatic heterocycles. The molecule has 8 aliphatic rings. The van der Waals surface area contributed by atoms with Gasteiger partial charge in [-0.1, -0.05) is 69.6 Å². The van der Waals surface area contributed by atoms with Crippen molar-refractivity contribution in [1.29, 1.82) is 0 Å². The van der Waals surface area contributed by atoms with Gasteiger partial charge >= 0.3 is 5.97 Å². The number of esters is 1. The fraction of sp³-hybridized carbons (Fsp3) is 0.780. The second kappa shape index (κ2) is 20.1. The Morgan fingerprint density at radius 2 is 1.53 bits per heavy atom. The zero-order valence-electron chi connectivity index (χ0n) is 39.0. The van der Waals surface area contributed by atoms with E-state index < -0.39 is 90.8 Å².